The van der Waals surface area contributed by atoms with Crippen LogP contribution in [0.4, 0.5) is 22.0 Å². The van der Waals surface area contributed by atoms with E-state index in [9.17, 15) is 22.0 Å². The van der Waals surface area contributed by atoms with Crippen molar-refractivity contribution < 1.29 is 22.0 Å². The fourth-order valence-corrected chi connectivity index (χ4v) is 1.42. The van der Waals surface area contributed by atoms with Crippen LogP contribution in [0.2, 0.25) is 0 Å². The second kappa shape index (κ2) is 4.18. The molecular weight excluding hydrogens is 332 g/mol. The minimum atomic E-state index is -4.80. The largest absolute Gasteiger partial charge is 0.418 e. The van der Waals surface area contributed by atoms with E-state index < -0.39 is 23.9 Å². The highest BCUT2D eigenvalue weighted by Gasteiger charge is 2.37. The fourth-order valence-electron chi connectivity index (χ4n) is 0.993. The van der Waals surface area contributed by atoms with E-state index in [0.29, 0.717) is 6.07 Å². The lowest BCUT2D eigenvalue weighted by Gasteiger charge is -2.13. The molecule has 0 amide bonds. The quantitative estimate of drug-likeness (QED) is 0.559. The van der Waals surface area contributed by atoms with E-state index in [1.54, 1.807) is 22.6 Å². The van der Waals surface area contributed by atoms with Gasteiger partial charge < -0.3 is 0 Å². The van der Waals surface area contributed by atoms with Crippen molar-refractivity contribution in [1.82, 2.24) is 4.98 Å². The summed E-state index contributed by atoms with van der Waals surface area (Å²) >= 11 is 1.62. The summed E-state index contributed by atoms with van der Waals surface area (Å²) in [6.45, 7) is 1.38. The Hall–Kier alpha value is -0.470. The van der Waals surface area contributed by atoms with E-state index in [1.807, 2.05) is 0 Å². The summed E-state index contributed by atoms with van der Waals surface area (Å²) in [7, 11) is 0. The zero-order valence-electron chi connectivity index (χ0n) is 7.37. The molecule has 7 heteroatoms. The van der Waals surface area contributed by atoms with Gasteiger partial charge >= 0.3 is 6.18 Å². The van der Waals surface area contributed by atoms with Crippen LogP contribution < -0.4 is 0 Å². The summed E-state index contributed by atoms with van der Waals surface area (Å²) in [4.78, 5) is 3.26. The molecule has 1 heterocycles. The van der Waals surface area contributed by atoms with E-state index in [2.05, 4.69) is 4.98 Å². The lowest BCUT2D eigenvalue weighted by atomic mass is 10.1. The van der Waals surface area contributed by atoms with Crippen molar-refractivity contribution >= 4 is 22.6 Å². The Morgan fingerprint density at radius 1 is 1.33 bits per heavy atom. The van der Waals surface area contributed by atoms with E-state index in [-0.39, 0.29) is 9.26 Å². The normalized spacial score (nSPS) is 12.3. The van der Waals surface area contributed by atoms with Gasteiger partial charge in [0.15, 0.2) is 0 Å². The summed E-state index contributed by atoms with van der Waals surface area (Å²) in [6, 6.07) is 0.685. The highest BCUT2D eigenvalue weighted by atomic mass is 127. The Balaban J connectivity index is 3.42. The smallest absolute Gasteiger partial charge is 0.250 e. The molecule has 0 saturated carbocycles. The summed E-state index contributed by atoms with van der Waals surface area (Å²) < 4.78 is 61.9. The summed E-state index contributed by atoms with van der Waals surface area (Å²) in [5, 5.41) is 0. The van der Waals surface area contributed by atoms with Crippen LogP contribution in [0.1, 0.15) is 23.4 Å². The number of halogens is 6. The maximum atomic E-state index is 12.3. The molecular formula is C8H5F5IN. The van der Waals surface area contributed by atoms with Crippen LogP contribution in [-0.2, 0) is 6.18 Å². The molecule has 0 saturated heterocycles. The molecule has 1 aromatic heterocycles. The molecule has 0 aromatic carbocycles. The molecule has 0 atom stereocenters. The van der Waals surface area contributed by atoms with Crippen LogP contribution in [0.25, 0.3) is 0 Å². The Bertz CT molecular complexity index is 374. The van der Waals surface area contributed by atoms with Crippen molar-refractivity contribution in [2.75, 3.05) is 0 Å². The number of hydrogen-bond acceptors (Lipinski definition) is 1. The molecule has 0 N–H and O–H groups in total. The molecule has 0 bridgehead atoms. The van der Waals surface area contributed by atoms with Gasteiger partial charge in [-0.25, -0.2) is 8.78 Å². The molecule has 0 aliphatic rings. The van der Waals surface area contributed by atoms with E-state index >= 15 is 0 Å². The van der Waals surface area contributed by atoms with Crippen molar-refractivity contribution in [2.45, 2.75) is 19.5 Å². The van der Waals surface area contributed by atoms with Crippen LogP contribution in [0.15, 0.2) is 6.07 Å². The number of nitrogens with zero attached hydrogens (tertiary/aromatic N) is 1. The van der Waals surface area contributed by atoms with E-state index in [0.717, 1.165) is 0 Å². The second-order valence-electron chi connectivity index (χ2n) is 2.79. The van der Waals surface area contributed by atoms with Gasteiger partial charge in [-0.2, -0.15) is 13.2 Å². The first-order chi connectivity index (χ1) is 6.73. The third kappa shape index (κ3) is 2.76. The van der Waals surface area contributed by atoms with Crippen molar-refractivity contribution in [3.05, 3.63) is 26.6 Å². The van der Waals surface area contributed by atoms with Crippen molar-refractivity contribution in [1.29, 1.82) is 0 Å². The average molecular weight is 337 g/mol. The molecule has 0 spiro atoms. The zero-order chi connectivity index (χ0) is 11.8. The summed E-state index contributed by atoms with van der Waals surface area (Å²) in [5.74, 6) is 0. The Morgan fingerprint density at radius 2 is 1.87 bits per heavy atom. The van der Waals surface area contributed by atoms with Gasteiger partial charge in [0, 0.05) is 3.57 Å². The van der Waals surface area contributed by atoms with Gasteiger partial charge in [-0.3, -0.25) is 4.98 Å². The summed E-state index contributed by atoms with van der Waals surface area (Å²) in [6.07, 6.45) is -8.02. The Labute approximate surface area is 95.8 Å². The first-order valence-corrected chi connectivity index (χ1v) is 4.83. The molecule has 84 valence electrons. The predicted octanol–water partition coefficient (Wildman–Crippen LogP) is 3.95. The zero-order valence-corrected chi connectivity index (χ0v) is 9.53. The SMILES string of the molecule is Cc1nc(C(F)F)c(C(F)(F)F)cc1I. The first kappa shape index (κ1) is 12.6. The number of hydrogen-bond donors (Lipinski definition) is 0. The van der Waals surface area contributed by atoms with E-state index in [1.165, 1.54) is 6.92 Å². The van der Waals surface area contributed by atoms with Gasteiger partial charge in [0.05, 0.1) is 11.3 Å². The molecule has 1 rings (SSSR count). The first-order valence-electron chi connectivity index (χ1n) is 3.76. The van der Waals surface area contributed by atoms with E-state index in [4.69, 9.17) is 0 Å². The monoisotopic (exact) mass is 337 g/mol. The van der Waals surface area contributed by atoms with Crippen LogP contribution >= 0.6 is 22.6 Å². The van der Waals surface area contributed by atoms with Gasteiger partial charge in [-0.15, -0.1) is 0 Å². The van der Waals surface area contributed by atoms with Crippen LogP contribution in [0.3, 0.4) is 0 Å². The minimum absolute atomic E-state index is 0.166. The Morgan fingerprint density at radius 3 is 2.27 bits per heavy atom. The molecule has 1 aromatic rings. The number of alkyl halides is 5. The molecule has 0 fully saturated rings. The number of aromatic nitrogens is 1. The molecule has 0 radical (unpaired) electrons. The molecule has 15 heavy (non-hydrogen) atoms. The lowest BCUT2D eigenvalue weighted by molar-refractivity contribution is -0.140. The molecule has 1 nitrogen and oxygen atoms in total. The van der Waals surface area contributed by atoms with Crippen LogP contribution in [0.5, 0.6) is 0 Å². The van der Waals surface area contributed by atoms with Crippen molar-refractivity contribution in [2.24, 2.45) is 0 Å². The number of pyridine rings is 1. The average Bonchev–Trinajstić information content (AvgIpc) is 2.06. The second-order valence-corrected chi connectivity index (χ2v) is 3.95. The summed E-state index contributed by atoms with van der Waals surface area (Å²) in [5.41, 5.74) is -2.41. The Kier molecular flexibility index (Phi) is 3.51. The van der Waals surface area contributed by atoms with Gasteiger partial charge in [-0.05, 0) is 35.6 Å². The van der Waals surface area contributed by atoms with Gasteiger partial charge in [-0.1, -0.05) is 0 Å². The maximum absolute atomic E-state index is 12.3. The molecule has 0 unspecified atom stereocenters. The van der Waals surface area contributed by atoms with Crippen molar-refractivity contribution in [3.63, 3.8) is 0 Å². The molecule has 0 aliphatic heterocycles. The van der Waals surface area contributed by atoms with Crippen LogP contribution in [-0.4, -0.2) is 4.98 Å². The molecule has 0 aliphatic carbocycles. The van der Waals surface area contributed by atoms with Crippen LogP contribution in [0, 0.1) is 10.5 Å². The lowest BCUT2D eigenvalue weighted by Crippen LogP contribution is -2.13. The van der Waals surface area contributed by atoms with Gasteiger partial charge in [0.25, 0.3) is 6.43 Å². The number of aryl methyl sites for hydroxylation is 1. The highest BCUT2D eigenvalue weighted by Crippen LogP contribution is 2.36. The van der Waals surface area contributed by atoms with Crippen molar-refractivity contribution in [3.8, 4) is 0 Å². The van der Waals surface area contributed by atoms with Gasteiger partial charge in [0.2, 0.25) is 0 Å². The third-order valence-electron chi connectivity index (χ3n) is 1.69. The highest BCUT2D eigenvalue weighted by molar-refractivity contribution is 14.1. The third-order valence-corrected chi connectivity index (χ3v) is 2.78. The minimum Gasteiger partial charge on any atom is -0.250 e. The number of rotatable bonds is 1. The van der Waals surface area contributed by atoms with Gasteiger partial charge in [0.1, 0.15) is 5.69 Å². The fraction of sp³-hybridized carbons (Fsp3) is 0.375. The predicted molar refractivity (Wildman–Crippen MR) is 51.7 cm³/mol. The standard InChI is InChI=1S/C8H5F5IN/c1-3-5(14)2-4(8(11,12)13)6(15-3)7(9)10/h2,7H,1H3. The maximum Gasteiger partial charge on any atom is 0.418 e. The topological polar surface area (TPSA) is 12.9 Å².